The van der Waals surface area contributed by atoms with Gasteiger partial charge in [-0.3, -0.25) is 0 Å². The Morgan fingerprint density at radius 3 is 2.69 bits per heavy atom. The summed E-state index contributed by atoms with van der Waals surface area (Å²) < 4.78 is 42.5. The van der Waals surface area contributed by atoms with Crippen LogP contribution in [-0.2, 0) is 6.18 Å². The molecule has 3 N–H and O–H groups in total. The normalized spacial score (nSPS) is 12.5. The minimum atomic E-state index is -4.60. The summed E-state index contributed by atoms with van der Waals surface area (Å²) in [5.41, 5.74) is 5.58. The second-order valence-corrected chi connectivity index (χ2v) is 7.16. The maximum Gasteiger partial charge on any atom is 0.417 e. The van der Waals surface area contributed by atoms with Crippen LogP contribution < -0.4 is 11.1 Å². The van der Waals surface area contributed by atoms with Crippen molar-refractivity contribution in [1.82, 2.24) is 24.6 Å². The SMILES string of the molecule is [C-]#[N+]c1c(N)ncnc1N[C@@H](C)c1cc2ncc(Cl)n2nc1-c1ccccc1C(F)(F)F. The van der Waals surface area contributed by atoms with Crippen molar-refractivity contribution in [2.24, 2.45) is 0 Å². The number of hydrogen-bond acceptors (Lipinski definition) is 6. The van der Waals surface area contributed by atoms with E-state index in [1.807, 2.05) is 0 Å². The van der Waals surface area contributed by atoms with Gasteiger partial charge in [0.05, 0.1) is 30.1 Å². The zero-order chi connectivity index (χ0) is 23.0. The number of aromatic nitrogens is 5. The Labute approximate surface area is 184 Å². The summed E-state index contributed by atoms with van der Waals surface area (Å²) in [6.45, 7) is 9.02. The Kier molecular flexibility index (Phi) is 5.31. The molecule has 4 aromatic rings. The van der Waals surface area contributed by atoms with Gasteiger partial charge in [0.1, 0.15) is 18.0 Å². The Morgan fingerprint density at radius 1 is 1.22 bits per heavy atom. The molecule has 0 radical (unpaired) electrons. The molecule has 0 aliphatic carbocycles. The number of fused-ring (bicyclic) bond motifs is 1. The van der Waals surface area contributed by atoms with Gasteiger partial charge in [0.25, 0.3) is 5.69 Å². The monoisotopic (exact) mass is 458 g/mol. The van der Waals surface area contributed by atoms with Crippen LogP contribution >= 0.6 is 11.6 Å². The fourth-order valence-corrected chi connectivity index (χ4v) is 3.44. The predicted molar refractivity (Wildman–Crippen MR) is 113 cm³/mol. The Bertz CT molecular complexity index is 1360. The lowest BCUT2D eigenvalue weighted by molar-refractivity contribution is -0.137. The summed E-state index contributed by atoms with van der Waals surface area (Å²) in [5, 5.41) is 7.54. The van der Waals surface area contributed by atoms with Crippen LogP contribution in [0.5, 0.6) is 0 Å². The zero-order valence-corrected chi connectivity index (χ0v) is 17.1. The molecule has 0 aliphatic heterocycles. The van der Waals surface area contributed by atoms with Crippen LogP contribution in [0.25, 0.3) is 21.7 Å². The third kappa shape index (κ3) is 3.76. The van der Waals surface area contributed by atoms with E-state index < -0.39 is 17.8 Å². The second-order valence-electron chi connectivity index (χ2n) is 6.78. The van der Waals surface area contributed by atoms with E-state index in [1.165, 1.54) is 35.2 Å². The van der Waals surface area contributed by atoms with Gasteiger partial charge in [-0.2, -0.15) is 18.3 Å². The molecule has 0 spiro atoms. The number of nitrogens with two attached hydrogens (primary N) is 1. The first-order valence-electron chi connectivity index (χ1n) is 9.16. The van der Waals surface area contributed by atoms with E-state index >= 15 is 0 Å². The first-order valence-corrected chi connectivity index (χ1v) is 9.53. The summed E-state index contributed by atoms with van der Waals surface area (Å²) in [6, 6.07) is 6.08. The molecule has 3 heterocycles. The third-order valence-electron chi connectivity index (χ3n) is 4.75. The molecule has 32 heavy (non-hydrogen) atoms. The highest BCUT2D eigenvalue weighted by atomic mass is 35.5. The molecule has 0 bridgehead atoms. The van der Waals surface area contributed by atoms with Crippen molar-refractivity contribution < 1.29 is 13.2 Å². The van der Waals surface area contributed by atoms with E-state index in [9.17, 15) is 13.2 Å². The molecule has 3 aromatic heterocycles. The van der Waals surface area contributed by atoms with Crippen molar-refractivity contribution in [1.29, 1.82) is 0 Å². The molecule has 0 unspecified atom stereocenters. The second kappa shape index (κ2) is 7.97. The number of nitrogens with zero attached hydrogens (tertiary/aromatic N) is 6. The van der Waals surface area contributed by atoms with Gasteiger partial charge in [-0.05, 0) is 19.1 Å². The van der Waals surface area contributed by atoms with Crippen molar-refractivity contribution in [3.8, 4) is 11.3 Å². The molecule has 8 nitrogen and oxygen atoms in total. The molecule has 1 atom stereocenters. The molecular weight excluding hydrogens is 445 g/mol. The van der Waals surface area contributed by atoms with Crippen LogP contribution in [0, 0.1) is 6.57 Å². The van der Waals surface area contributed by atoms with Crippen LogP contribution in [0.15, 0.2) is 42.9 Å². The summed E-state index contributed by atoms with van der Waals surface area (Å²) in [4.78, 5) is 15.3. The number of alkyl halides is 3. The van der Waals surface area contributed by atoms with E-state index in [-0.39, 0.29) is 33.7 Å². The van der Waals surface area contributed by atoms with Gasteiger partial charge in [0.15, 0.2) is 10.8 Å². The van der Waals surface area contributed by atoms with Gasteiger partial charge in [0, 0.05) is 11.1 Å². The number of halogens is 4. The van der Waals surface area contributed by atoms with E-state index in [0.717, 1.165) is 6.07 Å². The van der Waals surface area contributed by atoms with E-state index in [4.69, 9.17) is 23.9 Å². The molecule has 12 heteroatoms. The standard InChI is InChI=1S/C20H14ClF3N8/c1-10(30-19-17(26-2)18(25)28-9-29-19)12-7-15-27-8-14(21)32(15)31-16(12)11-5-3-4-6-13(11)20(22,23)24/h3-10H,1H3,(H3,25,28,29,30)/t10-/m0/s1. The smallest absolute Gasteiger partial charge is 0.392 e. The Morgan fingerprint density at radius 2 is 1.97 bits per heavy atom. The summed E-state index contributed by atoms with van der Waals surface area (Å²) in [5.74, 6) is 0.136. The molecule has 0 amide bonds. The van der Waals surface area contributed by atoms with E-state index in [1.54, 1.807) is 13.0 Å². The number of anilines is 2. The Hall–Kier alpha value is -3.91. The van der Waals surface area contributed by atoms with Crippen LogP contribution in [0.1, 0.15) is 24.1 Å². The van der Waals surface area contributed by atoms with E-state index in [0.29, 0.717) is 11.2 Å². The van der Waals surface area contributed by atoms with Crippen molar-refractivity contribution in [2.45, 2.75) is 19.1 Å². The highest BCUT2D eigenvalue weighted by molar-refractivity contribution is 6.29. The third-order valence-corrected chi connectivity index (χ3v) is 5.01. The quantitative estimate of drug-likeness (QED) is 0.410. The number of imidazole rings is 1. The van der Waals surface area contributed by atoms with Gasteiger partial charge < -0.3 is 11.1 Å². The molecule has 162 valence electrons. The lowest BCUT2D eigenvalue weighted by Gasteiger charge is -2.21. The van der Waals surface area contributed by atoms with Crippen LogP contribution in [-0.4, -0.2) is 24.6 Å². The number of benzene rings is 1. The molecule has 0 saturated carbocycles. The van der Waals surface area contributed by atoms with Crippen LogP contribution in [0.2, 0.25) is 5.15 Å². The highest BCUT2D eigenvalue weighted by Gasteiger charge is 2.35. The lowest BCUT2D eigenvalue weighted by atomic mass is 9.97. The van der Waals surface area contributed by atoms with Crippen LogP contribution in [0.4, 0.5) is 30.5 Å². The van der Waals surface area contributed by atoms with Gasteiger partial charge >= 0.3 is 6.18 Å². The van der Waals surface area contributed by atoms with Crippen molar-refractivity contribution >= 4 is 34.6 Å². The minimum Gasteiger partial charge on any atom is -0.392 e. The zero-order valence-electron chi connectivity index (χ0n) is 16.4. The maximum atomic E-state index is 13.7. The van der Waals surface area contributed by atoms with Gasteiger partial charge in [-0.25, -0.2) is 24.3 Å². The molecule has 0 saturated heterocycles. The maximum absolute atomic E-state index is 13.7. The van der Waals surface area contributed by atoms with Crippen molar-refractivity contribution in [3.63, 3.8) is 0 Å². The molecule has 1 aromatic carbocycles. The molecule has 0 aliphatic rings. The van der Waals surface area contributed by atoms with Gasteiger partial charge in [-0.1, -0.05) is 29.8 Å². The average Bonchev–Trinajstić information content (AvgIpc) is 3.12. The highest BCUT2D eigenvalue weighted by Crippen LogP contribution is 2.40. The first-order chi connectivity index (χ1) is 15.2. The summed E-state index contributed by atoms with van der Waals surface area (Å²) in [7, 11) is 0. The lowest BCUT2D eigenvalue weighted by Crippen LogP contribution is -2.14. The summed E-state index contributed by atoms with van der Waals surface area (Å²) >= 11 is 6.12. The van der Waals surface area contributed by atoms with Gasteiger partial charge in [-0.15, -0.1) is 0 Å². The fourth-order valence-electron chi connectivity index (χ4n) is 3.27. The molecule has 0 fully saturated rings. The predicted octanol–water partition coefficient (Wildman–Crippen LogP) is 5.16. The molecular formula is C20H14ClF3N8. The number of rotatable bonds is 4. The van der Waals surface area contributed by atoms with Crippen molar-refractivity contribution in [2.75, 3.05) is 11.1 Å². The Balaban J connectivity index is 1.91. The number of nitrogen functional groups attached to an aromatic ring is 1. The minimum absolute atomic E-state index is 0.00878. The summed E-state index contributed by atoms with van der Waals surface area (Å²) in [6.07, 6.45) is -2.06. The largest absolute Gasteiger partial charge is 0.417 e. The van der Waals surface area contributed by atoms with Crippen LogP contribution in [0.3, 0.4) is 0 Å². The fraction of sp³-hybridized carbons (Fsp3) is 0.150. The average molecular weight is 459 g/mol. The first kappa shape index (κ1) is 21.3. The topological polar surface area (TPSA) is 98.4 Å². The van der Waals surface area contributed by atoms with Crippen molar-refractivity contribution in [3.05, 3.63) is 70.6 Å². The van der Waals surface area contributed by atoms with Gasteiger partial charge in [0.2, 0.25) is 0 Å². The number of hydrogen-bond donors (Lipinski definition) is 2. The number of nitrogens with one attached hydrogen (secondary N) is 1. The molecule has 4 rings (SSSR count). The van der Waals surface area contributed by atoms with E-state index in [2.05, 4.69) is 30.2 Å².